The van der Waals surface area contributed by atoms with E-state index in [1.54, 1.807) is 24.4 Å². The van der Waals surface area contributed by atoms with E-state index < -0.39 is 5.91 Å². The number of aliphatic imine (C=N–C) groups is 1. The lowest BCUT2D eigenvalue weighted by molar-refractivity contribution is 0.0964. The monoisotopic (exact) mass is 490 g/mol. The first kappa shape index (κ1) is 23.8. The van der Waals surface area contributed by atoms with Crippen molar-refractivity contribution < 1.29 is 13.9 Å². The van der Waals surface area contributed by atoms with E-state index in [0.29, 0.717) is 5.13 Å². The van der Waals surface area contributed by atoms with E-state index in [-0.39, 0.29) is 29.0 Å². The van der Waals surface area contributed by atoms with E-state index in [4.69, 9.17) is 16.2 Å². The molecular weight excluding hydrogens is 467 g/mol. The summed E-state index contributed by atoms with van der Waals surface area (Å²) in [6.45, 7) is 1.85. The molecule has 1 unspecified atom stereocenters. The van der Waals surface area contributed by atoms with E-state index >= 15 is 0 Å². The fourth-order valence-corrected chi connectivity index (χ4v) is 4.17. The van der Waals surface area contributed by atoms with Gasteiger partial charge in [0.2, 0.25) is 5.88 Å². The molecule has 2 aromatic heterocycles. The van der Waals surface area contributed by atoms with Crippen LogP contribution < -0.4 is 21.5 Å². The van der Waals surface area contributed by atoms with Gasteiger partial charge < -0.3 is 21.5 Å². The van der Waals surface area contributed by atoms with Crippen molar-refractivity contribution in [1.29, 1.82) is 0 Å². The molecule has 1 atom stereocenters. The molecule has 0 saturated heterocycles. The molecule has 4 aromatic rings. The summed E-state index contributed by atoms with van der Waals surface area (Å²) in [5, 5.41) is 3.22. The third-order valence-corrected chi connectivity index (χ3v) is 6.10. The van der Waals surface area contributed by atoms with Gasteiger partial charge in [-0.2, -0.15) is 0 Å². The van der Waals surface area contributed by atoms with Gasteiger partial charge in [0.15, 0.2) is 5.13 Å². The molecule has 0 fully saturated rings. The molecule has 0 radical (unpaired) electrons. The van der Waals surface area contributed by atoms with E-state index in [0.717, 1.165) is 26.9 Å². The highest BCUT2D eigenvalue weighted by Gasteiger charge is 2.17. The number of thiazole rings is 1. The number of allylic oxidation sites excluding steroid dienone is 1. The number of rotatable bonds is 7. The molecule has 0 bridgehead atoms. The third-order valence-electron chi connectivity index (χ3n) is 5.25. The lowest BCUT2D eigenvalue weighted by Crippen LogP contribution is -2.25. The highest BCUT2D eigenvalue weighted by Crippen LogP contribution is 2.30. The Kier molecular flexibility index (Phi) is 7.02. The van der Waals surface area contributed by atoms with Gasteiger partial charge in [0.25, 0.3) is 5.91 Å². The number of nitrogens with zero attached hydrogens (tertiary/aromatic N) is 3. The number of amides is 1. The molecule has 0 spiro atoms. The second-order valence-corrected chi connectivity index (χ2v) is 8.66. The molecule has 2 heterocycles. The maximum absolute atomic E-state index is 13.2. The number of carbonyl (C=O) groups is 1. The Morgan fingerprint density at radius 1 is 1.20 bits per heavy atom. The number of nitrogen functional groups attached to an aromatic ring is 1. The minimum atomic E-state index is -0.461. The predicted molar refractivity (Wildman–Crippen MR) is 137 cm³/mol. The Bertz CT molecular complexity index is 1430. The zero-order chi connectivity index (χ0) is 24.9. The largest absolute Gasteiger partial charge is 0.480 e. The summed E-state index contributed by atoms with van der Waals surface area (Å²) in [4.78, 5) is 26.1. The van der Waals surface area contributed by atoms with E-state index in [1.807, 2.05) is 25.1 Å². The van der Waals surface area contributed by atoms with E-state index in [2.05, 4.69) is 20.3 Å². The summed E-state index contributed by atoms with van der Waals surface area (Å²) >= 11 is 1.39. The number of hydrogen-bond donors (Lipinski definition) is 3. The van der Waals surface area contributed by atoms with Crippen molar-refractivity contribution in [1.82, 2.24) is 15.3 Å². The van der Waals surface area contributed by atoms with E-state index in [9.17, 15) is 9.18 Å². The summed E-state index contributed by atoms with van der Waals surface area (Å²) < 4.78 is 19.4. The number of fused-ring (bicyclic) bond motifs is 1. The Balaban J connectivity index is 1.55. The number of aromatic nitrogens is 2. The molecule has 0 aliphatic heterocycles. The first-order chi connectivity index (χ1) is 16.9. The molecule has 0 saturated carbocycles. The summed E-state index contributed by atoms with van der Waals surface area (Å²) in [5.41, 5.74) is 15.2. The van der Waals surface area contributed by atoms with Crippen LogP contribution in [-0.4, -0.2) is 29.2 Å². The van der Waals surface area contributed by atoms with Gasteiger partial charge in [-0.1, -0.05) is 29.5 Å². The van der Waals surface area contributed by atoms with E-state index in [1.165, 1.54) is 43.0 Å². The van der Waals surface area contributed by atoms with Crippen LogP contribution in [0.1, 0.15) is 28.9 Å². The molecular formula is C25H23FN6O2S. The predicted octanol–water partition coefficient (Wildman–Crippen LogP) is 4.45. The van der Waals surface area contributed by atoms with Crippen molar-refractivity contribution in [2.24, 2.45) is 10.7 Å². The van der Waals surface area contributed by atoms with Crippen molar-refractivity contribution >= 4 is 38.8 Å². The highest BCUT2D eigenvalue weighted by atomic mass is 32.1. The Morgan fingerprint density at radius 3 is 2.69 bits per heavy atom. The Hall–Kier alpha value is -4.31. The first-order valence-corrected chi connectivity index (χ1v) is 11.4. The van der Waals surface area contributed by atoms with Crippen molar-refractivity contribution in [2.75, 3.05) is 12.8 Å². The smallest absolute Gasteiger partial charge is 0.261 e. The zero-order valence-corrected chi connectivity index (χ0v) is 19.8. The number of halogens is 1. The molecule has 10 heteroatoms. The molecule has 8 nitrogen and oxygen atoms in total. The van der Waals surface area contributed by atoms with Crippen LogP contribution in [-0.2, 0) is 0 Å². The van der Waals surface area contributed by atoms with Crippen molar-refractivity contribution in [3.05, 3.63) is 83.6 Å². The zero-order valence-electron chi connectivity index (χ0n) is 19.0. The van der Waals surface area contributed by atoms with Gasteiger partial charge in [0.1, 0.15) is 11.4 Å². The van der Waals surface area contributed by atoms with Gasteiger partial charge in [-0.15, -0.1) is 0 Å². The number of benzene rings is 2. The van der Waals surface area contributed by atoms with Crippen molar-refractivity contribution in [2.45, 2.75) is 13.0 Å². The number of nitrogens with two attached hydrogens (primary N) is 2. The topological polar surface area (TPSA) is 129 Å². The van der Waals surface area contributed by atoms with Gasteiger partial charge >= 0.3 is 0 Å². The number of pyridine rings is 1. The van der Waals surface area contributed by atoms with Crippen LogP contribution >= 0.6 is 11.3 Å². The molecule has 5 N–H and O–H groups in total. The number of methoxy groups -OCH3 is 1. The fraction of sp³-hybridized carbons (Fsp3) is 0.120. The van der Waals surface area contributed by atoms with Crippen molar-refractivity contribution in [3.8, 4) is 17.0 Å². The molecule has 1 amide bonds. The van der Waals surface area contributed by atoms with Crippen LogP contribution in [0.25, 0.3) is 21.3 Å². The third kappa shape index (κ3) is 5.44. The number of ether oxygens (including phenoxy) is 1. The number of anilines is 1. The van der Waals surface area contributed by atoms with Crippen LogP contribution in [0, 0.1) is 5.82 Å². The van der Waals surface area contributed by atoms with Crippen LogP contribution in [0.5, 0.6) is 5.88 Å². The molecule has 0 aliphatic rings. The van der Waals surface area contributed by atoms with Crippen LogP contribution in [0.15, 0.2) is 71.6 Å². The maximum atomic E-state index is 13.2. The lowest BCUT2D eigenvalue weighted by Gasteiger charge is -2.11. The molecule has 35 heavy (non-hydrogen) atoms. The SMILES string of the molecule is COc1ncc(-c2ccc3nc(N)sc3c2)cc1C(=O)NC(C=NC(C)c1ccc(F)cc1)=CN. The summed E-state index contributed by atoms with van der Waals surface area (Å²) in [7, 11) is 1.44. The van der Waals surface area contributed by atoms with Gasteiger partial charge in [-0.25, -0.2) is 14.4 Å². The standard InChI is InChI=1S/C25H23FN6O2S/c1-14(15-3-6-18(26)7-4-15)29-13-19(11-27)31-23(33)20-9-17(12-30-24(20)34-2)16-5-8-21-22(10-16)35-25(28)32-21/h3-14H,27H2,1-2H3,(H2,28,32)(H,31,33). The number of carbonyl (C=O) groups excluding carboxylic acids is 1. The Labute approximate surface area is 205 Å². The maximum Gasteiger partial charge on any atom is 0.261 e. The van der Waals surface area contributed by atoms with Gasteiger partial charge in [0, 0.05) is 24.2 Å². The highest BCUT2D eigenvalue weighted by molar-refractivity contribution is 7.22. The number of hydrogen-bond acceptors (Lipinski definition) is 8. The molecule has 0 aliphatic carbocycles. The average Bonchev–Trinajstić information content (AvgIpc) is 3.25. The van der Waals surface area contributed by atoms with Gasteiger partial charge in [-0.3, -0.25) is 9.79 Å². The summed E-state index contributed by atoms with van der Waals surface area (Å²) in [5.74, 6) is -0.611. The normalized spacial score (nSPS) is 12.7. The van der Waals surface area contributed by atoms with Gasteiger partial charge in [0.05, 0.1) is 29.1 Å². The van der Waals surface area contributed by atoms with Gasteiger partial charge in [-0.05, 0) is 48.4 Å². The van der Waals surface area contributed by atoms with Crippen LogP contribution in [0.4, 0.5) is 9.52 Å². The lowest BCUT2D eigenvalue weighted by atomic mass is 10.1. The first-order valence-electron chi connectivity index (χ1n) is 10.6. The minimum Gasteiger partial charge on any atom is -0.480 e. The summed E-state index contributed by atoms with van der Waals surface area (Å²) in [6, 6.07) is 13.2. The molecule has 178 valence electrons. The number of nitrogens with one attached hydrogen (secondary N) is 1. The fourth-order valence-electron chi connectivity index (χ4n) is 3.39. The average molecular weight is 491 g/mol. The van der Waals surface area contributed by atoms with Crippen molar-refractivity contribution in [3.63, 3.8) is 0 Å². The Morgan fingerprint density at radius 2 is 1.97 bits per heavy atom. The minimum absolute atomic E-state index is 0.169. The second-order valence-electron chi connectivity index (χ2n) is 7.60. The van der Waals surface area contributed by atoms with Crippen LogP contribution in [0.2, 0.25) is 0 Å². The second kappa shape index (κ2) is 10.3. The summed E-state index contributed by atoms with van der Waals surface area (Å²) in [6.07, 6.45) is 4.33. The quantitative estimate of drug-likeness (QED) is 0.328. The molecule has 2 aromatic carbocycles. The van der Waals surface area contributed by atoms with Crippen LogP contribution in [0.3, 0.4) is 0 Å². The molecule has 4 rings (SSSR count).